The standard InChI is InChI=1S/C12H16N2O2/c1-3-16-12(15)10-7-13-6-9-4-8(2)5-14-11(9)10/h4-5,10,13H,3,6-7H2,1-2H3. The first-order valence-electron chi connectivity index (χ1n) is 5.55. The van der Waals surface area contributed by atoms with E-state index in [4.69, 9.17) is 4.74 Å². The highest BCUT2D eigenvalue weighted by Gasteiger charge is 2.28. The number of aromatic nitrogens is 1. The van der Waals surface area contributed by atoms with Crippen LogP contribution in [-0.4, -0.2) is 24.1 Å². The van der Waals surface area contributed by atoms with Crippen molar-refractivity contribution in [3.8, 4) is 0 Å². The molecule has 0 aromatic carbocycles. The molecule has 0 aliphatic carbocycles. The summed E-state index contributed by atoms with van der Waals surface area (Å²) in [6, 6.07) is 2.07. The van der Waals surface area contributed by atoms with Gasteiger partial charge in [-0.25, -0.2) is 0 Å². The van der Waals surface area contributed by atoms with E-state index in [0.29, 0.717) is 13.2 Å². The van der Waals surface area contributed by atoms with Crippen molar-refractivity contribution in [3.05, 3.63) is 29.1 Å². The van der Waals surface area contributed by atoms with E-state index >= 15 is 0 Å². The number of carbonyl (C=O) groups is 1. The highest BCUT2D eigenvalue weighted by Crippen LogP contribution is 2.23. The van der Waals surface area contributed by atoms with Crippen molar-refractivity contribution >= 4 is 5.97 Å². The zero-order valence-corrected chi connectivity index (χ0v) is 9.62. The van der Waals surface area contributed by atoms with E-state index in [1.54, 1.807) is 6.20 Å². The summed E-state index contributed by atoms with van der Waals surface area (Å²) in [6.45, 7) is 5.62. The molecule has 1 aromatic heterocycles. The molecular formula is C12H16N2O2. The quantitative estimate of drug-likeness (QED) is 0.759. The Morgan fingerprint density at radius 2 is 2.50 bits per heavy atom. The number of hydrogen-bond donors (Lipinski definition) is 1. The van der Waals surface area contributed by atoms with Crippen LogP contribution in [0.25, 0.3) is 0 Å². The van der Waals surface area contributed by atoms with Gasteiger partial charge in [0.15, 0.2) is 0 Å². The number of ether oxygens (including phenoxy) is 1. The van der Waals surface area contributed by atoms with E-state index < -0.39 is 0 Å². The van der Waals surface area contributed by atoms with E-state index in [-0.39, 0.29) is 11.9 Å². The van der Waals surface area contributed by atoms with Crippen LogP contribution >= 0.6 is 0 Å². The van der Waals surface area contributed by atoms with Gasteiger partial charge in [0.1, 0.15) is 5.92 Å². The van der Waals surface area contributed by atoms with E-state index in [0.717, 1.165) is 23.4 Å². The molecule has 2 heterocycles. The molecule has 0 saturated carbocycles. The lowest BCUT2D eigenvalue weighted by atomic mass is 9.95. The van der Waals surface area contributed by atoms with Gasteiger partial charge >= 0.3 is 5.97 Å². The Hall–Kier alpha value is -1.42. The van der Waals surface area contributed by atoms with Gasteiger partial charge in [-0.1, -0.05) is 6.07 Å². The molecule has 1 N–H and O–H groups in total. The van der Waals surface area contributed by atoms with Gasteiger partial charge in [0, 0.05) is 19.3 Å². The van der Waals surface area contributed by atoms with Crippen molar-refractivity contribution in [2.75, 3.05) is 13.2 Å². The smallest absolute Gasteiger partial charge is 0.316 e. The van der Waals surface area contributed by atoms with Crippen molar-refractivity contribution in [2.24, 2.45) is 0 Å². The van der Waals surface area contributed by atoms with E-state index in [1.165, 1.54) is 0 Å². The van der Waals surface area contributed by atoms with Gasteiger partial charge in [-0.05, 0) is 25.0 Å². The number of carbonyl (C=O) groups excluding carboxylic acids is 1. The van der Waals surface area contributed by atoms with Gasteiger partial charge in [0.2, 0.25) is 0 Å². The molecule has 0 radical (unpaired) electrons. The lowest BCUT2D eigenvalue weighted by molar-refractivity contribution is -0.145. The molecule has 1 aliphatic rings. The molecule has 0 spiro atoms. The lowest BCUT2D eigenvalue weighted by Crippen LogP contribution is -2.34. The molecule has 86 valence electrons. The minimum atomic E-state index is -0.260. The summed E-state index contributed by atoms with van der Waals surface area (Å²) in [6.07, 6.45) is 1.80. The van der Waals surface area contributed by atoms with Crippen molar-refractivity contribution in [2.45, 2.75) is 26.3 Å². The van der Waals surface area contributed by atoms with E-state index in [2.05, 4.69) is 16.4 Å². The molecule has 0 saturated heterocycles. The molecular weight excluding hydrogens is 204 g/mol. The third-order valence-electron chi connectivity index (χ3n) is 2.70. The van der Waals surface area contributed by atoms with Gasteiger partial charge in [-0.3, -0.25) is 9.78 Å². The van der Waals surface area contributed by atoms with Gasteiger partial charge in [0.25, 0.3) is 0 Å². The number of pyridine rings is 1. The number of hydrogen-bond acceptors (Lipinski definition) is 4. The Morgan fingerprint density at radius 3 is 3.25 bits per heavy atom. The van der Waals surface area contributed by atoms with Gasteiger partial charge < -0.3 is 10.1 Å². The Bertz CT molecular complexity index is 404. The zero-order valence-electron chi connectivity index (χ0n) is 9.62. The molecule has 1 aromatic rings. The second kappa shape index (κ2) is 4.61. The number of esters is 1. The fraction of sp³-hybridized carbons (Fsp3) is 0.500. The number of nitrogens with one attached hydrogen (secondary N) is 1. The summed E-state index contributed by atoms with van der Waals surface area (Å²) in [5.74, 6) is -0.448. The van der Waals surface area contributed by atoms with E-state index in [9.17, 15) is 4.79 Å². The third-order valence-corrected chi connectivity index (χ3v) is 2.70. The van der Waals surface area contributed by atoms with Crippen LogP contribution in [0.1, 0.15) is 29.7 Å². The molecule has 0 bridgehead atoms. The summed E-state index contributed by atoms with van der Waals surface area (Å²) in [4.78, 5) is 16.1. The highest BCUT2D eigenvalue weighted by atomic mass is 16.5. The summed E-state index contributed by atoms with van der Waals surface area (Å²) < 4.78 is 5.05. The number of rotatable bonds is 2. The van der Waals surface area contributed by atoms with Crippen LogP contribution in [0.15, 0.2) is 12.3 Å². The fourth-order valence-corrected chi connectivity index (χ4v) is 1.98. The second-order valence-electron chi connectivity index (χ2n) is 3.99. The molecule has 4 heteroatoms. The summed E-state index contributed by atoms with van der Waals surface area (Å²) in [5, 5.41) is 3.22. The minimum absolute atomic E-state index is 0.188. The molecule has 4 nitrogen and oxygen atoms in total. The van der Waals surface area contributed by atoms with Gasteiger partial charge in [-0.2, -0.15) is 0 Å². The highest BCUT2D eigenvalue weighted by molar-refractivity contribution is 5.78. The molecule has 1 unspecified atom stereocenters. The van der Waals surface area contributed by atoms with Crippen LogP contribution in [0, 0.1) is 6.92 Å². The van der Waals surface area contributed by atoms with Crippen molar-refractivity contribution in [3.63, 3.8) is 0 Å². The first-order chi connectivity index (χ1) is 7.72. The molecule has 0 fully saturated rings. The lowest BCUT2D eigenvalue weighted by Gasteiger charge is -2.23. The first kappa shape index (κ1) is 11.1. The van der Waals surface area contributed by atoms with Crippen molar-refractivity contribution in [1.82, 2.24) is 10.3 Å². The van der Waals surface area contributed by atoms with Gasteiger partial charge in [-0.15, -0.1) is 0 Å². The number of aryl methyl sites for hydroxylation is 1. The van der Waals surface area contributed by atoms with E-state index in [1.807, 2.05) is 13.8 Å². The molecule has 16 heavy (non-hydrogen) atoms. The van der Waals surface area contributed by atoms with Crippen LogP contribution < -0.4 is 5.32 Å². The Kier molecular flexibility index (Phi) is 3.19. The summed E-state index contributed by atoms with van der Waals surface area (Å²) in [7, 11) is 0. The van der Waals surface area contributed by atoms with Crippen LogP contribution in [-0.2, 0) is 16.1 Å². The number of nitrogens with zero attached hydrogens (tertiary/aromatic N) is 1. The zero-order chi connectivity index (χ0) is 11.5. The van der Waals surface area contributed by atoms with Crippen molar-refractivity contribution in [1.29, 1.82) is 0 Å². The monoisotopic (exact) mass is 220 g/mol. The minimum Gasteiger partial charge on any atom is -0.465 e. The normalized spacial score (nSPS) is 19.0. The molecule has 1 aliphatic heterocycles. The summed E-state index contributed by atoms with van der Waals surface area (Å²) >= 11 is 0. The predicted molar refractivity (Wildman–Crippen MR) is 60.1 cm³/mol. The SMILES string of the molecule is CCOC(=O)C1CNCc2cc(C)cnc21. The second-order valence-corrected chi connectivity index (χ2v) is 3.99. The Labute approximate surface area is 95.0 Å². The van der Waals surface area contributed by atoms with Crippen LogP contribution in [0.5, 0.6) is 0 Å². The Morgan fingerprint density at radius 1 is 1.69 bits per heavy atom. The largest absolute Gasteiger partial charge is 0.465 e. The van der Waals surface area contributed by atoms with Crippen LogP contribution in [0.3, 0.4) is 0 Å². The molecule has 1 atom stereocenters. The maximum atomic E-state index is 11.7. The molecule has 0 amide bonds. The first-order valence-corrected chi connectivity index (χ1v) is 5.55. The van der Waals surface area contributed by atoms with Gasteiger partial charge in [0.05, 0.1) is 12.3 Å². The Balaban J connectivity index is 2.29. The van der Waals surface area contributed by atoms with Crippen molar-refractivity contribution < 1.29 is 9.53 Å². The van der Waals surface area contributed by atoms with Crippen LogP contribution in [0.2, 0.25) is 0 Å². The van der Waals surface area contributed by atoms with Crippen LogP contribution in [0.4, 0.5) is 0 Å². The number of fused-ring (bicyclic) bond motifs is 1. The predicted octanol–water partition coefficient (Wildman–Crippen LogP) is 1.14. The summed E-state index contributed by atoms with van der Waals surface area (Å²) in [5.41, 5.74) is 3.08. The fourth-order valence-electron chi connectivity index (χ4n) is 1.98. The molecule has 2 rings (SSSR count). The average molecular weight is 220 g/mol. The maximum Gasteiger partial charge on any atom is 0.316 e. The third kappa shape index (κ3) is 2.07. The topological polar surface area (TPSA) is 51.2 Å². The maximum absolute atomic E-state index is 11.7. The average Bonchev–Trinajstić information content (AvgIpc) is 2.28.